The number of halogens is 2. The Hall–Kier alpha value is -1.77. The van der Waals surface area contributed by atoms with Gasteiger partial charge in [-0.15, -0.1) is 0 Å². The van der Waals surface area contributed by atoms with Crippen molar-refractivity contribution in [2.75, 3.05) is 0 Å². The van der Waals surface area contributed by atoms with Gasteiger partial charge in [-0.05, 0) is 35.6 Å². The second kappa shape index (κ2) is 5.79. The molecule has 0 bridgehead atoms. The maximum atomic E-state index is 11.8. The first-order valence-corrected chi connectivity index (χ1v) is 7.72. The lowest BCUT2D eigenvalue weighted by Gasteiger charge is -2.12. The van der Waals surface area contributed by atoms with Crippen LogP contribution in [0.25, 0.3) is 6.08 Å². The summed E-state index contributed by atoms with van der Waals surface area (Å²) < 4.78 is 0. The van der Waals surface area contributed by atoms with Crippen molar-refractivity contribution in [2.45, 2.75) is 11.8 Å². The van der Waals surface area contributed by atoms with Gasteiger partial charge >= 0.3 is 5.97 Å². The fourth-order valence-electron chi connectivity index (χ4n) is 2.79. The van der Waals surface area contributed by atoms with Gasteiger partial charge in [0.2, 0.25) is 0 Å². The van der Waals surface area contributed by atoms with Crippen LogP contribution in [0.1, 0.15) is 17.5 Å². The van der Waals surface area contributed by atoms with E-state index in [1.165, 1.54) is 0 Å². The molecule has 4 heteroatoms. The Bertz CT molecular complexity index is 740. The van der Waals surface area contributed by atoms with Gasteiger partial charge in [0.25, 0.3) is 0 Å². The average molecular weight is 333 g/mol. The van der Waals surface area contributed by atoms with Gasteiger partial charge in [0.15, 0.2) is 0 Å². The van der Waals surface area contributed by atoms with Crippen LogP contribution in [0.15, 0.2) is 54.6 Å². The van der Waals surface area contributed by atoms with E-state index in [2.05, 4.69) is 0 Å². The Morgan fingerprint density at radius 3 is 2.50 bits per heavy atom. The van der Waals surface area contributed by atoms with Crippen molar-refractivity contribution in [2.24, 2.45) is 5.92 Å². The van der Waals surface area contributed by atoms with Gasteiger partial charge in [-0.3, -0.25) is 4.79 Å². The SMILES string of the molecule is O=C(O)C1(c2ccc(Cl)c(Cl)c2)CC1C=Cc1ccccc1. The zero-order valence-electron chi connectivity index (χ0n) is 11.7. The second-order valence-corrected chi connectivity index (χ2v) is 6.30. The molecule has 0 amide bonds. The van der Waals surface area contributed by atoms with Crippen LogP contribution in [0.5, 0.6) is 0 Å². The van der Waals surface area contributed by atoms with Gasteiger partial charge in [0, 0.05) is 0 Å². The van der Waals surface area contributed by atoms with Crippen LogP contribution < -0.4 is 0 Å². The van der Waals surface area contributed by atoms with Crippen LogP contribution in [0.2, 0.25) is 10.0 Å². The van der Waals surface area contributed by atoms with Crippen LogP contribution in [-0.4, -0.2) is 11.1 Å². The highest BCUT2D eigenvalue weighted by atomic mass is 35.5. The molecular formula is C18H14Cl2O2. The Morgan fingerprint density at radius 1 is 1.14 bits per heavy atom. The molecule has 1 fully saturated rings. The molecule has 3 rings (SSSR count). The first-order valence-electron chi connectivity index (χ1n) is 6.96. The molecule has 2 unspecified atom stereocenters. The highest BCUT2D eigenvalue weighted by Crippen LogP contribution is 2.56. The Morgan fingerprint density at radius 2 is 1.86 bits per heavy atom. The summed E-state index contributed by atoms with van der Waals surface area (Å²) in [7, 11) is 0. The van der Waals surface area contributed by atoms with E-state index in [-0.39, 0.29) is 5.92 Å². The smallest absolute Gasteiger partial charge is 0.314 e. The summed E-state index contributed by atoms with van der Waals surface area (Å²) in [6.07, 6.45) is 4.50. The molecule has 22 heavy (non-hydrogen) atoms. The van der Waals surface area contributed by atoms with Crippen molar-refractivity contribution in [1.29, 1.82) is 0 Å². The van der Waals surface area contributed by atoms with Gasteiger partial charge in [-0.1, -0.05) is 71.8 Å². The summed E-state index contributed by atoms with van der Waals surface area (Å²) in [4.78, 5) is 11.8. The zero-order chi connectivity index (χ0) is 15.7. The fourth-order valence-corrected chi connectivity index (χ4v) is 3.08. The molecule has 2 atom stereocenters. The number of aliphatic carboxylic acids is 1. The number of hydrogen-bond acceptors (Lipinski definition) is 1. The predicted molar refractivity (Wildman–Crippen MR) is 89.4 cm³/mol. The molecule has 0 heterocycles. The Labute approximate surface area is 139 Å². The first kappa shape index (κ1) is 15.1. The Balaban J connectivity index is 1.88. The van der Waals surface area contributed by atoms with Gasteiger partial charge < -0.3 is 5.11 Å². The maximum absolute atomic E-state index is 11.8. The number of carboxylic acid groups (broad SMARTS) is 1. The quantitative estimate of drug-likeness (QED) is 0.850. The number of allylic oxidation sites excluding steroid dienone is 1. The van der Waals surface area contributed by atoms with Gasteiger partial charge in [0.1, 0.15) is 0 Å². The van der Waals surface area contributed by atoms with Crippen molar-refractivity contribution in [3.63, 3.8) is 0 Å². The lowest BCUT2D eigenvalue weighted by molar-refractivity contribution is -0.140. The zero-order valence-corrected chi connectivity index (χ0v) is 13.2. The van der Waals surface area contributed by atoms with Gasteiger partial charge in [0.05, 0.1) is 15.5 Å². The fraction of sp³-hybridized carbons (Fsp3) is 0.167. The minimum absolute atomic E-state index is 0.0394. The molecule has 2 nitrogen and oxygen atoms in total. The van der Waals surface area contributed by atoms with Crippen LogP contribution >= 0.6 is 23.2 Å². The summed E-state index contributed by atoms with van der Waals surface area (Å²) >= 11 is 11.9. The molecule has 0 saturated heterocycles. The summed E-state index contributed by atoms with van der Waals surface area (Å²) in [5, 5.41) is 10.5. The molecule has 1 N–H and O–H groups in total. The van der Waals surface area contributed by atoms with Crippen LogP contribution in [0.4, 0.5) is 0 Å². The molecule has 1 saturated carbocycles. The molecule has 0 aromatic heterocycles. The number of carboxylic acids is 1. The maximum Gasteiger partial charge on any atom is 0.314 e. The molecule has 1 aliphatic rings. The van der Waals surface area contributed by atoms with Crippen LogP contribution in [0, 0.1) is 5.92 Å². The number of benzene rings is 2. The largest absolute Gasteiger partial charge is 0.481 e. The summed E-state index contributed by atoms with van der Waals surface area (Å²) in [5.74, 6) is -0.865. The molecule has 0 aliphatic heterocycles. The molecule has 1 aliphatic carbocycles. The summed E-state index contributed by atoms with van der Waals surface area (Å²) in [6.45, 7) is 0. The third kappa shape index (κ3) is 2.65. The predicted octanol–water partition coefficient (Wildman–Crippen LogP) is 5.05. The van der Waals surface area contributed by atoms with E-state index in [0.29, 0.717) is 22.0 Å². The van der Waals surface area contributed by atoms with Crippen molar-refractivity contribution >= 4 is 35.2 Å². The van der Waals surface area contributed by atoms with Crippen molar-refractivity contribution in [1.82, 2.24) is 0 Å². The third-order valence-corrected chi connectivity index (χ3v) is 4.89. The minimum Gasteiger partial charge on any atom is -0.481 e. The van der Waals surface area contributed by atoms with E-state index in [1.807, 2.05) is 42.5 Å². The highest BCUT2D eigenvalue weighted by molar-refractivity contribution is 6.42. The molecule has 0 spiro atoms. The number of carbonyl (C=O) groups is 1. The number of hydrogen-bond donors (Lipinski definition) is 1. The van der Waals surface area contributed by atoms with Gasteiger partial charge in [-0.2, -0.15) is 0 Å². The molecule has 0 radical (unpaired) electrons. The van der Waals surface area contributed by atoms with E-state index in [1.54, 1.807) is 18.2 Å². The van der Waals surface area contributed by atoms with Crippen LogP contribution in [0.3, 0.4) is 0 Å². The lowest BCUT2D eigenvalue weighted by atomic mass is 9.93. The topological polar surface area (TPSA) is 37.3 Å². The summed E-state index contributed by atoms with van der Waals surface area (Å²) in [6, 6.07) is 14.9. The van der Waals surface area contributed by atoms with Gasteiger partial charge in [-0.25, -0.2) is 0 Å². The highest BCUT2D eigenvalue weighted by Gasteiger charge is 2.60. The van der Waals surface area contributed by atoms with Crippen molar-refractivity contribution in [3.05, 3.63) is 75.8 Å². The molecule has 2 aromatic carbocycles. The second-order valence-electron chi connectivity index (χ2n) is 5.49. The van der Waals surface area contributed by atoms with E-state index in [9.17, 15) is 9.90 Å². The monoisotopic (exact) mass is 332 g/mol. The standard InChI is InChI=1S/C18H14Cl2O2/c19-15-9-8-13(10-16(15)20)18(17(21)22)11-14(18)7-6-12-4-2-1-3-5-12/h1-10,14H,11H2,(H,21,22). The molecular weight excluding hydrogens is 319 g/mol. The number of rotatable bonds is 4. The van der Waals surface area contributed by atoms with E-state index in [4.69, 9.17) is 23.2 Å². The minimum atomic E-state index is -0.889. The van der Waals surface area contributed by atoms with Crippen LogP contribution in [-0.2, 0) is 10.2 Å². The normalized spacial score (nSPS) is 23.6. The molecule has 2 aromatic rings. The van der Waals surface area contributed by atoms with Crippen molar-refractivity contribution < 1.29 is 9.90 Å². The average Bonchev–Trinajstić information content (AvgIpc) is 3.25. The third-order valence-electron chi connectivity index (χ3n) is 4.15. The van der Waals surface area contributed by atoms with E-state index in [0.717, 1.165) is 5.56 Å². The lowest BCUT2D eigenvalue weighted by Crippen LogP contribution is -2.22. The summed E-state index contributed by atoms with van der Waals surface area (Å²) in [5.41, 5.74) is 0.874. The van der Waals surface area contributed by atoms with E-state index >= 15 is 0 Å². The molecule has 112 valence electrons. The first-order chi connectivity index (χ1) is 10.5. The Kier molecular flexibility index (Phi) is 3.98. The van der Waals surface area contributed by atoms with E-state index < -0.39 is 11.4 Å². The van der Waals surface area contributed by atoms with Crippen molar-refractivity contribution in [3.8, 4) is 0 Å².